The van der Waals surface area contributed by atoms with Crippen LogP contribution >= 0.6 is 0 Å². The fraction of sp³-hybridized carbons (Fsp3) is 0.0656. The van der Waals surface area contributed by atoms with E-state index in [1.807, 2.05) is 24.3 Å². The van der Waals surface area contributed by atoms with Crippen LogP contribution in [0.2, 0.25) is 0 Å². The molecule has 9 aromatic carbocycles. The van der Waals surface area contributed by atoms with Crippen LogP contribution in [0.15, 0.2) is 197 Å². The summed E-state index contributed by atoms with van der Waals surface area (Å²) in [5.41, 5.74) is 20.4. The Morgan fingerprint density at radius 3 is 1.64 bits per heavy atom. The van der Waals surface area contributed by atoms with Crippen molar-refractivity contribution in [2.45, 2.75) is 24.7 Å². The number of para-hydroxylation sites is 1. The predicted molar refractivity (Wildman–Crippen MR) is 265 cm³/mol. The number of fused-ring (bicyclic) bond motifs is 20. The van der Waals surface area contributed by atoms with Crippen LogP contribution in [0.1, 0.15) is 47.2 Å². The van der Waals surface area contributed by atoms with E-state index in [4.69, 9.17) is 23.8 Å². The van der Waals surface area contributed by atoms with E-state index in [2.05, 4.69) is 178 Å². The molecule has 12 aromatic rings. The zero-order valence-corrected chi connectivity index (χ0v) is 36.1. The Labute approximate surface area is 379 Å². The van der Waals surface area contributed by atoms with Crippen molar-refractivity contribution in [1.82, 2.24) is 15.0 Å². The van der Waals surface area contributed by atoms with Crippen LogP contribution in [0.25, 0.3) is 111 Å². The summed E-state index contributed by atoms with van der Waals surface area (Å²) in [6, 6.07) is 67.4. The quantitative estimate of drug-likeness (QED) is 0.177. The van der Waals surface area contributed by atoms with E-state index >= 15 is 0 Å². The van der Waals surface area contributed by atoms with Crippen molar-refractivity contribution >= 4 is 43.9 Å². The molecule has 3 aliphatic carbocycles. The molecular formula is C61H37N3O2. The minimum atomic E-state index is -0.640. The lowest BCUT2D eigenvalue weighted by Crippen LogP contribution is -2.26. The number of nitrogens with zero attached hydrogens (tertiary/aromatic N) is 3. The maximum atomic E-state index is 6.87. The molecule has 0 N–H and O–H groups in total. The SMILES string of the molecule is CC1(C)c2ccccc2-c2cc(-c3nc(-c4ccccc4)nc(-c4ccc5oc6ccc7c(c6c5c4)C4(c5ccccc5-c5ccccc54)c4cc5oc6ccccc6c5cc4-7)n3)ccc21. The van der Waals surface area contributed by atoms with E-state index in [1.54, 1.807) is 0 Å². The lowest BCUT2D eigenvalue weighted by Gasteiger charge is -2.31. The van der Waals surface area contributed by atoms with Gasteiger partial charge in [-0.15, -0.1) is 0 Å². The highest BCUT2D eigenvalue weighted by molar-refractivity contribution is 6.16. The second-order valence-corrected chi connectivity index (χ2v) is 18.6. The first-order valence-corrected chi connectivity index (χ1v) is 22.7. The summed E-state index contributed by atoms with van der Waals surface area (Å²) in [5, 5.41) is 4.33. The molecule has 0 unspecified atom stereocenters. The molecule has 5 nitrogen and oxygen atoms in total. The highest BCUT2D eigenvalue weighted by Crippen LogP contribution is 2.65. The first kappa shape index (κ1) is 36.0. The fourth-order valence-corrected chi connectivity index (χ4v) is 12.1. The zero-order chi connectivity index (χ0) is 43.5. The maximum absolute atomic E-state index is 6.87. The van der Waals surface area contributed by atoms with Gasteiger partial charge in [-0.3, -0.25) is 0 Å². The Morgan fingerprint density at radius 2 is 0.879 bits per heavy atom. The van der Waals surface area contributed by atoms with Crippen LogP contribution in [0.4, 0.5) is 0 Å². The minimum Gasteiger partial charge on any atom is -0.456 e. The molecule has 0 bridgehead atoms. The van der Waals surface area contributed by atoms with E-state index < -0.39 is 5.41 Å². The fourth-order valence-electron chi connectivity index (χ4n) is 12.1. The molecule has 3 heterocycles. The third kappa shape index (κ3) is 4.56. The molecule has 0 radical (unpaired) electrons. The molecule has 0 aliphatic heterocycles. The Kier molecular flexibility index (Phi) is 6.90. The van der Waals surface area contributed by atoms with Gasteiger partial charge in [0.1, 0.15) is 22.3 Å². The van der Waals surface area contributed by atoms with E-state index in [1.165, 1.54) is 66.8 Å². The number of hydrogen-bond donors (Lipinski definition) is 0. The van der Waals surface area contributed by atoms with Crippen LogP contribution in [-0.4, -0.2) is 15.0 Å². The summed E-state index contributed by atoms with van der Waals surface area (Å²) >= 11 is 0. The van der Waals surface area contributed by atoms with Crippen molar-refractivity contribution in [3.05, 3.63) is 221 Å². The van der Waals surface area contributed by atoms with Gasteiger partial charge in [0.05, 0.1) is 5.41 Å². The van der Waals surface area contributed by atoms with Gasteiger partial charge < -0.3 is 8.83 Å². The van der Waals surface area contributed by atoms with E-state index in [9.17, 15) is 0 Å². The number of furan rings is 2. The molecule has 0 amide bonds. The highest BCUT2D eigenvalue weighted by Gasteiger charge is 2.53. The molecule has 3 aromatic heterocycles. The largest absolute Gasteiger partial charge is 0.456 e. The summed E-state index contributed by atoms with van der Waals surface area (Å²) in [7, 11) is 0. The Bertz CT molecular complexity index is 4050. The summed E-state index contributed by atoms with van der Waals surface area (Å²) in [5.74, 6) is 1.86. The van der Waals surface area contributed by atoms with Crippen LogP contribution < -0.4 is 0 Å². The predicted octanol–water partition coefficient (Wildman–Crippen LogP) is 15.3. The van der Waals surface area contributed by atoms with Crippen molar-refractivity contribution in [2.24, 2.45) is 0 Å². The average Bonchev–Trinajstić information content (AvgIpc) is 4.14. The minimum absolute atomic E-state index is 0.102. The monoisotopic (exact) mass is 843 g/mol. The van der Waals surface area contributed by atoms with Crippen molar-refractivity contribution in [3.63, 3.8) is 0 Å². The molecule has 0 saturated carbocycles. The zero-order valence-electron chi connectivity index (χ0n) is 36.1. The summed E-state index contributed by atoms with van der Waals surface area (Å²) in [6.07, 6.45) is 0. The van der Waals surface area contributed by atoms with E-state index in [0.29, 0.717) is 17.5 Å². The number of benzene rings is 9. The number of aromatic nitrogens is 3. The standard InChI is InChI=1S/C61H37N3O2/c1-60(2)46-20-10-6-18-39(46)42-30-35(24-27-47(42)60)58-62-57(34-14-4-3-5-15-34)63-59(64-58)36-25-28-52-45(31-36)55-53(65-52)29-26-41-43-32-44-40-19-9-13-23-51(40)66-54(44)33-50(43)61(56(41)55)48-21-11-7-16-37(48)38-17-8-12-22-49(38)61/h3-33H,1-2H3. The molecule has 0 atom stereocenters. The molecular weight excluding hydrogens is 807 g/mol. The second-order valence-electron chi connectivity index (χ2n) is 18.6. The molecule has 66 heavy (non-hydrogen) atoms. The van der Waals surface area contributed by atoms with Gasteiger partial charge >= 0.3 is 0 Å². The molecule has 5 heteroatoms. The third-order valence-corrected chi connectivity index (χ3v) is 14.9. The molecule has 15 rings (SSSR count). The Balaban J connectivity index is 0.994. The number of hydrogen-bond acceptors (Lipinski definition) is 5. The topological polar surface area (TPSA) is 65.0 Å². The summed E-state index contributed by atoms with van der Waals surface area (Å²) in [4.78, 5) is 15.7. The first-order valence-electron chi connectivity index (χ1n) is 22.7. The van der Waals surface area contributed by atoms with Gasteiger partial charge in [-0.25, -0.2) is 15.0 Å². The van der Waals surface area contributed by atoms with E-state index in [-0.39, 0.29) is 5.41 Å². The second kappa shape index (κ2) is 12.6. The van der Waals surface area contributed by atoms with Crippen molar-refractivity contribution in [3.8, 4) is 67.5 Å². The van der Waals surface area contributed by atoms with Crippen LogP contribution in [0.3, 0.4) is 0 Å². The van der Waals surface area contributed by atoms with Crippen molar-refractivity contribution < 1.29 is 8.83 Å². The smallest absolute Gasteiger partial charge is 0.164 e. The van der Waals surface area contributed by atoms with Gasteiger partial charge in [0, 0.05) is 43.7 Å². The van der Waals surface area contributed by atoms with Gasteiger partial charge in [-0.2, -0.15) is 0 Å². The van der Waals surface area contributed by atoms with Gasteiger partial charge in [-0.1, -0.05) is 153 Å². The lowest BCUT2D eigenvalue weighted by atomic mass is 9.69. The maximum Gasteiger partial charge on any atom is 0.164 e. The third-order valence-electron chi connectivity index (χ3n) is 14.9. The van der Waals surface area contributed by atoms with E-state index in [0.717, 1.165) is 60.6 Å². The Hall–Kier alpha value is -8.41. The lowest BCUT2D eigenvalue weighted by molar-refractivity contribution is 0.660. The molecule has 308 valence electrons. The number of rotatable bonds is 3. The summed E-state index contributed by atoms with van der Waals surface area (Å²) in [6.45, 7) is 4.61. The molecule has 0 fully saturated rings. The van der Waals surface area contributed by atoms with Crippen LogP contribution in [0, 0.1) is 0 Å². The highest BCUT2D eigenvalue weighted by atomic mass is 16.3. The normalized spacial score (nSPS) is 14.5. The van der Waals surface area contributed by atoms with Crippen molar-refractivity contribution in [2.75, 3.05) is 0 Å². The van der Waals surface area contributed by atoms with Gasteiger partial charge in [0.25, 0.3) is 0 Å². The van der Waals surface area contributed by atoms with Gasteiger partial charge in [0.15, 0.2) is 17.5 Å². The molecule has 0 saturated heterocycles. The van der Waals surface area contributed by atoms with Crippen LogP contribution in [-0.2, 0) is 10.8 Å². The van der Waals surface area contributed by atoms with Gasteiger partial charge in [-0.05, 0) is 115 Å². The van der Waals surface area contributed by atoms with Crippen LogP contribution in [0.5, 0.6) is 0 Å². The van der Waals surface area contributed by atoms with Gasteiger partial charge in [0.2, 0.25) is 0 Å². The molecule has 3 aliphatic rings. The molecule has 1 spiro atoms. The van der Waals surface area contributed by atoms with Crippen molar-refractivity contribution in [1.29, 1.82) is 0 Å². The Morgan fingerprint density at radius 1 is 0.333 bits per heavy atom. The first-order chi connectivity index (χ1) is 32.4. The summed E-state index contributed by atoms with van der Waals surface area (Å²) < 4.78 is 13.5. The average molecular weight is 844 g/mol.